The van der Waals surface area contributed by atoms with E-state index in [0.29, 0.717) is 0 Å². The molecule has 0 spiro atoms. The number of ether oxygens (including phenoxy) is 2. The summed E-state index contributed by atoms with van der Waals surface area (Å²) in [5.41, 5.74) is 12.2. The Kier molecular flexibility index (Phi) is 6.63. The van der Waals surface area contributed by atoms with Crippen LogP contribution in [0.4, 0.5) is 0 Å². The third-order valence-corrected chi connectivity index (χ3v) is 12.9. The molecule has 0 saturated heterocycles. The molecule has 0 unspecified atom stereocenters. The van der Waals surface area contributed by atoms with E-state index in [1.54, 1.807) is 0 Å². The fraction of sp³-hybridized carbons (Fsp3) is 0.143. The van der Waals surface area contributed by atoms with Crippen LogP contribution in [0.2, 0.25) is 0 Å². The van der Waals surface area contributed by atoms with Crippen molar-refractivity contribution in [3.63, 3.8) is 0 Å². The van der Waals surface area contributed by atoms with Crippen LogP contribution < -0.4 is 9.47 Å². The van der Waals surface area contributed by atoms with E-state index in [1.807, 2.05) is 12.1 Å². The summed E-state index contributed by atoms with van der Waals surface area (Å²) < 4.78 is 13.1. The molecule has 0 aliphatic carbocycles. The van der Waals surface area contributed by atoms with Crippen molar-refractivity contribution in [3.05, 3.63) is 157 Å². The van der Waals surface area contributed by atoms with Crippen molar-refractivity contribution in [2.24, 2.45) is 0 Å². The van der Waals surface area contributed by atoms with Crippen molar-refractivity contribution in [2.45, 2.75) is 52.4 Å². The van der Waals surface area contributed by atoms with Gasteiger partial charge in [-0.15, -0.1) is 0 Å². The van der Waals surface area contributed by atoms with Crippen molar-refractivity contribution >= 4 is 53.9 Å². The van der Waals surface area contributed by atoms with Gasteiger partial charge in [-0.25, -0.2) is 0 Å². The van der Waals surface area contributed by atoms with Crippen LogP contribution in [0.3, 0.4) is 0 Å². The maximum absolute atomic E-state index is 6.56. The van der Waals surface area contributed by atoms with Gasteiger partial charge in [0, 0.05) is 21.9 Å². The molecule has 0 fully saturated rings. The molecule has 2 aliphatic rings. The molecule has 12 rings (SSSR count). The zero-order chi connectivity index (χ0) is 39.2. The topological polar surface area (TPSA) is 18.5 Å². The molecule has 0 bridgehead atoms. The number of fused-ring (bicyclic) bond motifs is 4. The Hall–Kier alpha value is -6.64. The molecule has 0 aromatic heterocycles. The number of benzene rings is 10. The van der Waals surface area contributed by atoms with Crippen molar-refractivity contribution in [1.82, 2.24) is 0 Å². The molecule has 0 atom stereocenters. The Morgan fingerprint density at radius 2 is 0.655 bits per heavy atom. The molecule has 278 valence electrons. The summed E-state index contributed by atoms with van der Waals surface area (Å²) in [7, 11) is 0. The molecule has 10 aromatic carbocycles. The zero-order valence-corrected chi connectivity index (χ0v) is 33.7. The average Bonchev–Trinajstić information content (AvgIpc) is 3.22. The first kappa shape index (κ1) is 33.5. The lowest BCUT2D eigenvalue weighted by atomic mass is 9.75. The molecule has 58 heavy (non-hydrogen) atoms. The van der Waals surface area contributed by atoms with Crippen LogP contribution in [0, 0.1) is 0 Å². The molecule has 0 saturated carbocycles. The normalized spacial score (nSPS) is 13.3. The molecule has 0 radical (unpaired) electrons. The first-order valence-electron chi connectivity index (χ1n) is 20.5. The largest absolute Gasteiger partial charge is 0.456 e. The number of para-hydroxylation sites is 2. The van der Waals surface area contributed by atoms with Gasteiger partial charge in [0.05, 0.1) is 0 Å². The van der Waals surface area contributed by atoms with E-state index in [4.69, 9.17) is 9.47 Å². The summed E-state index contributed by atoms with van der Waals surface area (Å²) in [6.45, 7) is 14.1. The van der Waals surface area contributed by atoms with Crippen molar-refractivity contribution in [1.29, 1.82) is 0 Å². The highest BCUT2D eigenvalue weighted by molar-refractivity contribution is 6.30. The highest BCUT2D eigenvalue weighted by atomic mass is 16.5. The van der Waals surface area contributed by atoms with Crippen molar-refractivity contribution in [2.75, 3.05) is 0 Å². The maximum atomic E-state index is 6.56. The second-order valence-electron chi connectivity index (χ2n) is 18.4. The first-order chi connectivity index (χ1) is 28.0. The smallest absolute Gasteiger partial charge is 0.135 e. The third kappa shape index (κ3) is 4.55. The van der Waals surface area contributed by atoms with Crippen LogP contribution in [0.5, 0.6) is 23.0 Å². The molecular weight excluding hydrogens is 705 g/mol. The molecule has 0 N–H and O–H groups in total. The van der Waals surface area contributed by atoms with E-state index < -0.39 is 0 Å². The van der Waals surface area contributed by atoms with Gasteiger partial charge in [0.15, 0.2) is 0 Å². The minimum Gasteiger partial charge on any atom is -0.456 e. The Morgan fingerprint density at radius 3 is 1.09 bits per heavy atom. The number of hydrogen-bond acceptors (Lipinski definition) is 2. The highest BCUT2D eigenvalue weighted by Gasteiger charge is 2.29. The lowest BCUT2D eigenvalue weighted by Gasteiger charge is -2.29. The van der Waals surface area contributed by atoms with E-state index in [0.717, 1.165) is 34.1 Å². The standard InChI is InChI=1S/C56H42O2/c1-55(2,3)45-29-43(31-25-27-49-51-35(31)15-11-17-37(51)33-13-7-9-19-47(33)57-49)39-22-24-42-46(56(4,5)6)30-44(40-21-23-41(45)53(39)54(40)42)32-26-28-50-52-36(32)16-12-18-38(52)34-14-8-10-20-48(34)58-50/h7-30H,1-6H3. The molecule has 2 heterocycles. The van der Waals surface area contributed by atoms with Gasteiger partial charge in [-0.2, -0.15) is 0 Å². The summed E-state index contributed by atoms with van der Waals surface area (Å²) >= 11 is 0. The van der Waals surface area contributed by atoms with E-state index in [1.165, 1.54) is 98.4 Å². The summed E-state index contributed by atoms with van der Waals surface area (Å²) in [5, 5.41) is 12.6. The van der Waals surface area contributed by atoms with Gasteiger partial charge in [0.1, 0.15) is 23.0 Å². The monoisotopic (exact) mass is 746 g/mol. The Bertz CT molecular complexity index is 3180. The zero-order valence-electron chi connectivity index (χ0n) is 33.7. The average molecular weight is 747 g/mol. The Balaban J connectivity index is 1.20. The van der Waals surface area contributed by atoms with Crippen molar-refractivity contribution in [3.8, 4) is 67.5 Å². The van der Waals surface area contributed by atoms with Crippen molar-refractivity contribution < 1.29 is 9.47 Å². The predicted octanol–water partition coefficient (Wildman–Crippen LogP) is 16.4. The third-order valence-electron chi connectivity index (χ3n) is 12.9. The van der Waals surface area contributed by atoms with Crippen LogP contribution in [0.25, 0.3) is 98.4 Å². The van der Waals surface area contributed by atoms with Crippen LogP contribution >= 0.6 is 0 Å². The van der Waals surface area contributed by atoms with Gasteiger partial charge < -0.3 is 9.47 Å². The van der Waals surface area contributed by atoms with Gasteiger partial charge in [0.25, 0.3) is 0 Å². The second-order valence-corrected chi connectivity index (χ2v) is 18.4. The van der Waals surface area contributed by atoms with E-state index in [2.05, 4.69) is 175 Å². The minimum absolute atomic E-state index is 0.104. The fourth-order valence-electron chi connectivity index (χ4n) is 10.3. The maximum Gasteiger partial charge on any atom is 0.135 e. The van der Waals surface area contributed by atoms with Crippen LogP contribution in [-0.4, -0.2) is 0 Å². The van der Waals surface area contributed by atoms with Crippen LogP contribution in [0.1, 0.15) is 52.7 Å². The van der Waals surface area contributed by atoms with Gasteiger partial charge >= 0.3 is 0 Å². The second kappa shape index (κ2) is 11.5. The Labute approximate surface area is 338 Å². The molecule has 2 nitrogen and oxygen atoms in total. The summed E-state index contributed by atoms with van der Waals surface area (Å²) in [4.78, 5) is 0. The summed E-state index contributed by atoms with van der Waals surface area (Å²) in [6, 6.07) is 53.8. The molecule has 2 aliphatic heterocycles. The van der Waals surface area contributed by atoms with E-state index >= 15 is 0 Å². The first-order valence-corrected chi connectivity index (χ1v) is 20.5. The van der Waals surface area contributed by atoms with E-state index in [9.17, 15) is 0 Å². The lowest BCUT2D eigenvalue weighted by Crippen LogP contribution is -2.14. The van der Waals surface area contributed by atoms with Gasteiger partial charge in [-0.3, -0.25) is 0 Å². The molecule has 0 amide bonds. The van der Waals surface area contributed by atoms with E-state index in [-0.39, 0.29) is 10.8 Å². The summed E-state index contributed by atoms with van der Waals surface area (Å²) in [6.07, 6.45) is 0. The summed E-state index contributed by atoms with van der Waals surface area (Å²) in [5.74, 6) is 3.64. The van der Waals surface area contributed by atoms with Crippen LogP contribution in [-0.2, 0) is 10.8 Å². The number of hydrogen-bond donors (Lipinski definition) is 0. The SMILES string of the molecule is CC(C)(C)c1cc(-c2ccc3c4c(cccc24)-c2ccccc2O3)c2ccc3c(C(C)(C)C)cc(-c4ccc5c6c(cccc46)-c4ccccc4O5)c4ccc1c2c43. The minimum atomic E-state index is -0.104. The predicted molar refractivity (Wildman–Crippen MR) is 244 cm³/mol. The van der Waals surface area contributed by atoms with Gasteiger partial charge in [-0.05, 0) is 135 Å². The van der Waals surface area contributed by atoms with Gasteiger partial charge in [0.2, 0.25) is 0 Å². The van der Waals surface area contributed by atoms with Crippen LogP contribution in [0.15, 0.2) is 146 Å². The quantitative estimate of drug-likeness (QED) is 0.164. The number of rotatable bonds is 2. The Morgan fingerprint density at radius 1 is 0.276 bits per heavy atom. The molecule has 2 heteroatoms. The highest BCUT2D eigenvalue weighted by Crippen LogP contribution is 2.54. The fourth-order valence-corrected chi connectivity index (χ4v) is 10.3. The van der Waals surface area contributed by atoms with Gasteiger partial charge in [-0.1, -0.05) is 151 Å². The lowest BCUT2D eigenvalue weighted by molar-refractivity contribution is 0.487. The molecular formula is C56H42O2. The molecule has 10 aromatic rings.